The molecule has 5 nitrogen and oxygen atoms in total. The van der Waals surface area contributed by atoms with Gasteiger partial charge in [0.2, 0.25) is 9.39 Å². The van der Waals surface area contributed by atoms with Crippen LogP contribution in [-0.4, -0.2) is 34.7 Å². The van der Waals surface area contributed by atoms with Crippen molar-refractivity contribution in [2.24, 2.45) is 11.3 Å². The third-order valence-corrected chi connectivity index (χ3v) is 4.31. The zero-order valence-corrected chi connectivity index (χ0v) is 12.1. The second-order valence-electron chi connectivity index (χ2n) is 4.86. The van der Waals surface area contributed by atoms with E-state index in [2.05, 4.69) is 4.74 Å². The van der Waals surface area contributed by atoms with E-state index in [4.69, 9.17) is 44.3 Å². The van der Waals surface area contributed by atoms with Crippen LogP contribution in [0.25, 0.3) is 0 Å². The Labute approximate surface area is 119 Å². The zero-order chi connectivity index (χ0) is 13.9. The van der Waals surface area contributed by atoms with Gasteiger partial charge in [-0.3, -0.25) is 0 Å². The molecule has 0 radical (unpaired) electrons. The Morgan fingerprint density at radius 1 is 1.39 bits per heavy atom. The van der Waals surface area contributed by atoms with E-state index in [0.29, 0.717) is 0 Å². The molecule has 0 aromatic rings. The van der Waals surface area contributed by atoms with E-state index in [1.807, 2.05) is 0 Å². The van der Waals surface area contributed by atoms with Crippen molar-refractivity contribution in [1.82, 2.24) is 0 Å². The molecule has 18 heavy (non-hydrogen) atoms. The summed E-state index contributed by atoms with van der Waals surface area (Å²) in [7, 11) is 1.15. The third-order valence-electron chi connectivity index (χ3n) is 3.66. The van der Waals surface area contributed by atoms with E-state index in [0.717, 1.165) is 7.11 Å². The number of hydrogen-bond donors (Lipinski definition) is 0. The molecule has 1 saturated carbocycles. The van der Waals surface area contributed by atoms with Crippen LogP contribution in [0.3, 0.4) is 0 Å². The van der Waals surface area contributed by atoms with Crippen molar-refractivity contribution in [1.29, 1.82) is 0 Å². The molecule has 0 bridgehead atoms. The Bertz CT molecular complexity index is 416. The molecule has 1 aliphatic carbocycles. The minimum Gasteiger partial charge on any atom is -0.454 e. The topological polar surface area (TPSA) is 61.8 Å². The second-order valence-corrected chi connectivity index (χ2v) is 7.23. The molecule has 1 aliphatic heterocycles. The Morgan fingerprint density at radius 2 is 1.94 bits per heavy atom. The summed E-state index contributed by atoms with van der Waals surface area (Å²) in [5, 5.41) is 0. The van der Waals surface area contributed by atoms with Crippen LogP contribution in [0.15, 0.2) is 0 Å². The smallest absolute Gasteiger partial charge is 0.454 e. The number of esters is 1. The first kappa shape index (κ1) is 14.0. The summed E-state index contributed by atoms with van der Waals surface area (Å²) in [5.74, 6) is -1.22. The van der Waals surface area contributed by atoms with Crippen LogP contribution in [0.5, 0.6) is 0 Å². The average Bonchev–Trinajstić information content (AvgIpc) is 2.53. The standard InChI is InChI=1S/C10H11Cl3O5/c1-8(2)4-5(10(11,12)13)17-6(14)9(4,8)18-7(15)16-3/h4-5H,1-3H3. The molecule has 1 saturated heterocycles. The van der Waals surface area contributed by atoms with Gasteiger partial charge in [0, 0.05) is 5.41 Å². The number of halogens is 3. The van der Waals surface area contributed by atoms with E-state index in [1.54, 1.807) is 13.8 Å². The SMILES string of the molecule is COC(=O)OC12C(=O)OC(C(Cl)(Cl)Cl)C1C2(C)C. The summed E-state index contributed by atoms with van der Waals surface area (Å²) in [6.45, 7) is 3.48. The summed E-state index contributed by atoms with van der Waals surface area (Å²) < 4.78 is 12.7. The molecule has 2 fully saturated rings. The predicted octanol–water partition coefficient (Wildman–Crippen LogP) is 2.46. The van der Waals surface area contributed by atoms with Crippen LogP contribution in [0, 0.1) is 11.3 Å². The first-order chi connectivity index (χ1) is 8.09. The van der Waals surface area contributed by atoms with E-state index < -0.39 is 39.0 Å². The molecule has 0 amide bonds. The van der Waals surface area contributed by atoms with Crippen LogP contribution in [0.2, 0.25) is 0 Å². The fourth-order valence-corrected chi connectivity index (χ4v) is 3.19. The average molecular weight is 318 g/mol. The number of rotatable bonds is 1. The van der Waals surface area contributed by atoms with Crippen LogP contribution in [0.4, 0.5) is 4.79 Å². The minimum absolute atomic E-state index is 0.510. The first-order valence-electron chi connectivity index (χ1n) is 5.14. The van der Waals surface area contributed by atoms with Crippen molar-refractivity contribution < 1.29 is 23.8 Å². The number of alkyl halides is 3. The van der Waals surface area contributed by atoms with Gasteiger partial charge >= 0.3 is 12.1 Å². The fourth-order valence-electron chi connectivity index (χ4n) is 2.68. The summed E-state index contributed by atoms with van der Waals surface area (Å²) >= 11 is 17.3. The number of ether oxygens (including phenoxy) is 3. The third kappa shape index (κ3) is 1.60. The highest BCUT2D eigenvalue weighted by Crippen LogP contribution is 2.72. The maximum atomic E-state index is 11.9. The predicted molar refractivity (Wildman–Crippen MR) is 63.7 cm³/mol. The molecule has 0 spiro atoms. The molecule has 2 aliphatic rings. The summed E-state index contributed by atoms with van der Waals surface area (Å²) in [6, 6.07) is 0. The number of cyclic esters (lactones) is 1. The first-order valence-corrected chi connectivity index (χ1v) is 6.27. The van der Waals surface area contributed by atoms with Crippen molar-refractivity contribution in [3.63, 3.8) is 0 Å². The lowest BCUT2D eigenvalue weighted by Gasteiger charge is -2.23. The fraction of sp³-hybridized carbons (Fsp3) is 0.800. The van der Waals surface area contributed by atoms with Gasteiger partial charge in [-0.1, -0.05) is 48.7 Å². The van der Waals surface area contributed by atoms with E-state index in [1.165, 1.54) is 0 Å². The Balaban J connectivity index is 2.32. The van der Waals surface area contributed by atoms with Crippen molar-refractivity contribution in [2.45, 2.75) is 29.3 Å². The molecular formula is C10H11Cl3O5. The second kappa shape index (κ2) is 3.81. The van der Waals surface area contributed by atoms with Crippen molar-refractivity contribution in [2.75, 3.05) is 7.11 Å². The molecule has 1 heterocycles. The molecule has 0 aromatic carbocycles. The summed E-state index contributed by atoms with van der Waals surface area (Å²) in [5.41, 5.74) is -2.08. The summed E-state index contributed by atoms with van der Waals surface area (Å²) in [4.78, 5) is 23.2. The highest BCUT2D eigenvalue weighted by atomic mass is 35.6. The van der Waals surface area contributed by atoms with Gasteiger partial charge in [-0.15, -0.1) is 0 Å². The Morgan fingerprint density at radius 3 is 2.33 bits per heavy atom. The van der Waals surface area contributed by atoms with Gasteiger partial charge in [-0.05, 0) is 0 Å². The lowest BCUT2D eigenvalue weighted by Crippen LogP contribution is -2.35. The normalized spacial score (nSPS) is 36.7. The van der Waals surface area contributed by atoms with Crippen molar-refractivity contribution in [3.05, 3.63) is 0 Å². The lowest BCUT2D eigenvalue weighted by atomic mass is 10.0. The Kier molecular flexibility index (Phi) is 2.97. The molecule has 3 unspecified atom stereocenters. The molecule has 0 aromatic heterocycles. The number of carbonyl (C=O) groups excluding carboxylic acids is 2. The van der Waals surface area contributed by atoms with Gasteiger partial charge in [-0.25, -0.2) is 9.59 Å². The quantitative estimate of drug-likeness (QED) is 0.549. The van der Waals surface area contributed by atoms with Gasteiger partial charge in [0.05, 0.1) is 13.0 Å². The highest BCUT2D eigenvalue weighted by molar-refractivity contribution is 6.68. The molecule has 102 valence electrons. The van der Waals surface area contributed by atoms with Gasteiger partial charge in [0.1, 0.15) is 0 Å². The Hall–Kier alpha value is -0.390. The van der Waals surface area contributed by atoms with Gasteiger partial charge in [0.25, 0.3) is 0 Å². The molecule has 3 atom stereocenters. The maximum absolute atomic E-state index is 11.9. The zero-order valence-electron chi connectivity index (χ0n) is 9.83. The highest BCUT2D eigenvalue weighted by Gasteiger charge is 2.88. The monoisotopic (exact) mass is 316 g/mol. The molecule has 2 rings (SSSR count). The maximum Gasteiger partial charge on any atom is 0.509 e. The van der Waals surface area contributed by atoms with E-state index in [9.17, 15) is 9.59 Å². The van der Waals surface area contributed by atoms with Crippen molar-refractivity contribution in [3.8, 4) is 0 Å². The van der Waals surface area contributed by atoms with E-state index in [-0.39, 0.29) is 0 Å². The van der Waals surface area contributed by atoms with Crippen LogP contribution in [0.1, 0.15) is 13.8 Å². The van der Waals surface area contributed by atoms with E-state index >= 15 is 0 Å². The van der Waals surface area contributed by atoms with Gasteiger partial charge in [0.15, 0.2) is 6.10 Å². The van der Waals surface area contributed by atoms with Crippen LogP contribution >= 0.6 is 34.8 Å². The minimum atomic E-state index is -1.77. The van der Waals surface area contributed by atoms with Crippen LogP contribution < -0.4 is 0 Å². The largest absolute Gasteiger partial charge is 0.509 e. The summed E-state index contributed by atoms with van der Waals surface area (Å²) in [6.07, 6.45) is -1.91. The molecule has 8 heteroatoms. The number of fused-ring (bicyclic) bond motifs is 1. The number of methoxy groups -OCH3 is 1. The van der Waals surface area contributed by atoms with Crippen LogP contribution in [-0.2, 0) is 19.0 Å². The molecule has 0 N–H and O–H groups in total. The van der Waals surface area contributed by atoms with Gasteiger partial charge in [-0.2, -0.15) is 0 Å². The van der Waals surface area contributed by atoms with Crippen molar-refractivity contribution >= 4 is 46.9 Å². The number of hydrogen-bond acceptors (Lipinski definition) is 5. The lowest BCUT2D eigenvalue weighted by molar-refractivity contribution is -0.157. The number of carbonyl (C=O) groups is 2. The van der Waals surface area contributed by atoms with Gasteiger partial charge < -0.3 is 14.2 Å². The molecular weight excluding hydrogens is 306 g/mol.